The van der Waals surface area contributed by atoms with Crippen molar-refractivity contribution >= 4 is 45.6 Å². The number of carbonyl (C=O) groups is 1. The van der Waals surface area contributed by atoms with Crippen molar-refractivity contribution in [1.82, 2.24) is 14.9 Å². The van der Waals surface area contributed by atoms with E-state index < -0.39 is 5.82 Å². The van der Waals surface area contributed by atoms with Crippen LogP contribution in [0.15, 0.2) is 48.8 Å². The van der Waals surface area contributed by atoms with Gasteiger partial charge in [-0.05, 0) is 64.2 Å². The van der Waals surface area contributed by atoms with Crippen LogP contribution in [0.2, 0.25) is 5.02 Å². The third-order valence-electron chi connectivity index (χ3n) is 5.72. The molecule has 8 heteroatoms. The zero-order valence-corrected chi connectivity index (χ0v) is 20.0. The molecular formula is C26H25ClFN5O. The summed E-state index contributed by atoms with van der Waals surface area (Å²) in [6.45, 7) is 5.80. The normalized spacial score (nSPS) is 18.1. The third kappa shape index (κ3) is 5.19. The number of hydrogen-bond acceptors (Lipinski definition) is 5. The van der Waals surface area contributed by atoms with E-state index in [-0.39, 0.29) is 22.0 Å². The summed E-state index contributed by atoms with van der Waals surface area (Å²) in [5.74, 6) is 6.20. The number of anilines is 3. The molecule has 1 aromatic heterocycles. The van der Waals surface area contributed by atoms with Crippen molar-refractivity contribution in [3.05, 3.63) is 65.2 Å². The van der Waals surface area contributed by atoms with Gasteiger partial charge in [-0.25, -0.2) is 14.4 Å². The molecule has 1 aliphatic rings. The highest BCUT2D eigenvalue weighted by atomic mass is 35.5. The highest BCUT2D eigenvalue weighted by molar-refractivity contribution is 6.31. The minimum absolute atomic E-state index is 0.00581. The molecule has 0 saturated carbocycles. The lowest BCUT2D eigenvalue weighted by atomic mass is 9.90. The summed E-state index contributed by atoms with van der Waals surface area (Å²) >= 11 is 5.92. The number of nitrogens with zero attached hydrogens (tertiary/aromatic N) is 3. The maximum Gasteiger partial charge on any atom is 0.248 e. The number of likely N-dealkylation sites (tertiary alicyclic amines) is 1. The molecule has 1 atom stereocenters. The molecular weight excluding hydrogens is 453 g/mol. The van der Waals surface area contributed by atoms with E-state index in [0.717, 1.165) is 19.5 Å². The van der Waals surface area contributed by atoms with Crippen LogP contribution in [-0.4, -0.2) is 40.9 Å². The zero-order chi connectivity index (χ0) is 24.3. The van der Waals surface area contributed by atoms with Crippen molar-refractivity contribution in [2.24, 2.45) is 5.41 Å². The van der Waals surface area contributed by atoms with Crippen LogP contribution in [0.5, 0.6) is 0 Å². The number of allylic oxidation sites excluding steroid dienone is 1. The van der Waals surface area contributed by atoms with Crippen LogP contribution in [0, 0.1) is 23.1 Å². The van der Waals surface area contributed by atoms with Crippen molar-refractivity contribution in [2.45, 2.75) is 20.3 Å². The Labute approximate surface area is 203 Å². The van der Waals surface area contributed by atoms with Gasteiger partial charge in [0, 0.05) is 17.3 Å². The van der Waals surface area contributed by atoms with Crippen LogP contribution >= 0.6 is 11.6 Å². The molecule has 2 N–H and O–H groups in total. The average molecular weight is 478 g/mol. The number of nitrogens with one attached hydrogen (secondary N) is 2. The Balaban J connectivity index is 1.79. The number of rotatable bonds is 4. The van der Waals surface area contributed by atoms with E-state index in [4.69, 9.17) is 11.6 Å². The van der Waals surface area contributed by atoms with Gasteiger partial charge in [-0.1, -0.05) is 35.6 Å². The molecule has 4 rings (SSSR count). The van der Waals surface area contributed by atoms with Crippen molar-refractivity contribution in [3.8, 4) is 11.8 Å². The Bertz CT molecular complexity index is 1350. The average Bonchev–Trinajstić information content (AvgIpc) is 3.14. The van der Waals surface area contributed by atoms with Gasteiger partial charge in [-0.3, -0.25) is 4.79 Å². The topological polar surface area (TPSA) is 70.1 Å². The lowest BCUT2D eigenvalue weighted by Gasteiger charge is -2.16. The summed E-state index contributed by atoms with van der Waals surface area (Å²) in [5.41, 5.74) is 1.86. The zero-order valence-electron chi connectivity index (χ0n) is 19.2. The molecule has 0 spiro atoms. The Kier molecular flexibility index (Phi) is 6.82. The van der Waals surface area contributed by atoms with Gasteiger partial charge in [-0.15, -0.1) is 0 Å². The van der Waals surface area contributed by atoms with E-state index in [0.29, 0.717) is 28.0 Å². The summed E-state index contributed by atoms with van der Waals surface area (Å²) < 4.78 is 14.5. The van der Waals surface area contributed by atoms with Gasteiger partial charge in [0.1, 0.15) is 12.1 Å². The van der Waals surface area contributed by atoms with Gasteiger partial charge in [0.15, 0.2) is 5.82 Å². The van der Waals surface area contributed by atoms with Gasteiger partial charge >= 0.3 is 0 Å². The number of halogens is 2. The summed E-state index contributed by atoms with van der Waals surface area (Å²) in [7, 11) is 2.08. The van der Waals surface area contributed by atoms with Gasteiger partial charge in [0.2, 0.25) is 5.91 Å². The number of aromatic nitrogens is 2. The minimum atomic E-state index is -0.574. The second-order valence-corrected chi connectivity index (χ2v) is 9.06. The number of fused-ring (bicyclic) bond motifs is 1. The summed E-state index contributed by atoms with van der Waals surface area (Å²) in [6, 6.07) is 8.27. The maximum absolute atomic E-state index is 14.5. The maximum atomic E-state index is 14.5. The van der Waals surface area contributed by atoms with Crippen molar-refractivity contribution in [2.75, 3.05) is 30.8 Å². The fourth-order valence-electron chi connectivity index (χ4n) is 3.97. The first-order valence-electron chi connectivity index (χ1n) is 10.9. The molecule has 1 amide bonds. The molecule has 1 aliphatic heterocycles. The summed E-state index contributed by atoms with van der Waals surface area (Å²) in [5, 5.41) is 6.50. The molecule has 6 nitrogen and oxygen atoms in total. The predicted octanol–water partition coefficient (Wildman–Crippen LogP) is 5.37. The Morgan fingerprint density at radius 2 is 2.12 bits per heavy atom. The van der Waals surface area contributed by atoms with Crippen LogP contribution in [0.4, 0.5) is 21.6 Å². The molecule has 1 unspecified atom stereocenters. The Morgan fingerprint density at radius 1 is 1.29 bits per heavy atom. The van der Waals surface area contributed by atoms with E-state index in [9.17, 15) is 9.18 Å². The number of hydrogen-bond donors (Lipinski definition) is 2. The van der Waals surface area contributed by atoms with Crippen molar-refractivity contribution in [3.63, 3.8) is 0 Å². The minimum Gasteiger partial charge on any atom is -0.337 e. The standard InChI is InChI=1S/C26H25ClFN5O/c1-4-6-23(34)31-21-14-18-22(13-17(21)9-10-26(2)11-12-33(3)15-26)29-16-30-25(18)32-20-8-5-7-19(27)24(20)28/h4-8,13-14,16H,11-12,15H2,1-3H3,(H,31,34)(H,29,30,32). The second-order valence-electron chi connectivity index (χ2n) is 8.65. The van der Waals surface area contributed by atoms with Crippen molar-refractivity contribution < 1.29 is 9.18 Å². The van der Waals surface area contributed by atoms with E-state index in [1.165, 1.54) is 18.5 Å². The van der Waals surface area contributed by atoms with Crippen LogP contribution in [0.1, 0.15) is 25.8 Å². The van der Waals surface area contributed by atoms with Gasteiger partial charge < -0.3 is 15.5 Å². The molecule has 2 aromatic carbocycles. The first-order valence-corrected chi connectivity index (χ1v) is 11.3. The molecule has 1 saturated heterocycles. The largest absolute Gasteiger partial charge is 0.337 e. The van der Waals surface area contributed by atoms with E-state index in [2.05, 4.69) is 51.3 Å². The van der Waals surface area contributed by atoms with Gasteiger partial charge in [0.05, 0.1) is 27.5 Å². The van der Waals surface area contributed by atoms with Crippen LogP contribution in [0.3, 0.4) is 0 Å². The molecule has 0 radical (unpaired) electrons. The SMILES string of the molecule is CC=CC(=O)Nc1cc2c(Nc3cccc(Cl)c3F)ncnc2cc1C#CC1(C)CCN(C)C1. The van der Waals surface area contributed by atoms with E-state index in [1.807, 2.05) is 6.07 Å². The van der Waals surface area contributed by atoms with Crippen LogP contribution < -0.4 is 10.6 Å². The quantitative estimate of drug-likeness (QED) is 0.390. The number of carbonyl (C=O) groups excluding carboxylic acids is 1. The fraction of sp³-hybridized carbons (Fsp3) is 0.269. The fourth-order valence-corrected chi connectivity index (χ4v) is 4.15. The Morgan fingerprint density at radius 3 is 2.85 bits per heavy atom. The monoisotopic (exact) mass is 477 g/mol. The lowest BCUT2D eigenvalue weighted by molar-refractivity contribution is -0.111. The highest BCUT2D eigenvalue weighted by Gasteiger charge is 2.30. The molecule has 3 aromatic rings. The van der Waals surface area contributed by atoms with Crippen molar-refractivity contribution in [1.29, 1.82) is 0 Å². The molecule has 0 bridgehead atoms. The Hall–Kier alpha value is -3.47. The van der Waals surface area contributed by atoms with E-state index >= 15 is 0 Å². The molecule has 0 aliphatic carbocycles. The van der Waals surface area contributed by atoms with E-state index in [1.54, 1.807) is 31.2 Å². The summed E-state index contributed by atoms with van der Waals surface area (Å²) in [6.07, 6.45) is 5.48. The molecule has 174 valence electrons. The molecule has 34 heavy (non-hydrogen) atoms. The first-order chi connectivity index (χ1) is 16.3. The van der Waals surface area contributed by atoms with Gasteiger partial charge in [-0.2, -0.15) is 0 Å². The predicted molar refractivity (Wildman–Crippen MR) is 135 cm³/mol. The molecule has 1 fully saturated rings. The summed E-state index contributed by atoms with van der Waals surface area (Å²) in [4.78, 5) is 23.3. The number of benzene rings is 2. The highest BCUT2D eigenvalue weighted by Crippen LogP contribution is 2.32. The smallest absolute Gasteiger partial charge is 0.248 e. The lowest BCUT2D eigenvalue weighted by Crippen LogP contribution is -2.20. The number of amides is 1. The van der Waals surface area contributed by atoms with Gasteiger partial charge in [0.25, 0.3) is 0 Å². The third-order valence-corrected chi connectivity index (χ3v) is 6.01. The first kappa shape index (κ1) is 23.7. The second kappa shape index (κ2) is 9.80. The molecule has 2 heterocycles. The van der Waals surface area contributed by atoms with Crippen LogP contribution in [0.25, 0.3) is 10.9 Å². The van der Waals surface area contributed by atoms with Crippen LogP contribution in [-0.2, 0) is 4.79 Å².